The van der Waals surface area contributed by atoms with Crippen LogP contribution in [0.15, 0.2) is 18.2 Å². The van der Waals surface area contributed by atoms with Crippen LogP contribution in [0.3, 0.4) is 0 Å². The summed E-state index contributed by atoms with van der Waals surface area (Å²) in [6.07, 6.45) is 7.29. The van der Waals surface area contributed by atoms with Gasteiger partial charge >= 0.3 is 0 Å². The van der Waals surface area contributed by atoms with Gasteiger partial charge in [0.15, 0.2) is 0 Å². The summed E-state index contributed by atoms with van der Waals surface area (Å²) >= 11 is 12.5. The Balaban J connectivity index is 2.11. The Morgan fingerprint density at radius 1 is 1.16 bits per heavy atom. The Hall–Kier alpha value is -1.25. The molecule has 0 atom stereocenters. The summed E-state index contributed by atoms with van der Waals surface area (Å²) in [7, 11) is 0. The van der Waals surface area contributed by atoms with E-state index in [0.29, 0.717) is 11.8 Å². The molecule has 0 amide bonds. The van der Waals surface area contributed by atoms with Crippen molar-refractivity contribution in [1.29, 1.82) is 0 Å². The van der Waals surface area contributed by atoms with Crippen molar-refractivity contribution in [3.8, 4) is 0 Å². The second-order valence-corrected chi connectivity index (χ2v) is 8.09. The van der Waals surface area contributed by atoms with Crippen molar-refractivity contribution in [2.75, 3.05) is 5.88 Å². The van der Waals surface area contributed by atoms with Crippen molar-refractivity contribution < 1.29 is 0 Å². The van der Waals surface area contributed by atoms with Gasteiger partial charge in [-0.05, 0) is 62.4 Å². The van der Waals surface area contributed by atoms with E-state index in [1.165, 1.54) is 65.5 Å². The molecule has 0 saturated heterocycles. The molecule has 0 N–H and O–H groups in total. The fourth-order valence-corrected chi connectivity index (χ4v) is 4.78. The lowest BCUT2D eigenvalue weighted by Gasteiger charge is -2.24. The number of fused-ring (bicyclic) bond motifs is 3. The SMILES string of the molecule is Cc1nc(C2CCCCC2)n2c(c1C)c(CCCl)c1cc(Cl)ccc12. The monoisotopic (exact) mass is 374 g/mol. The van der Waals surface area contributed by atoms with E-state index in [1.54, 1.807) is 0 Å². The highest BCUT2D eigenvalue weighted by molar-refractivity contribution is 6.31. The number of benzene rings is 1. The normalized spacial score (nSPS) is 16.2. The molecule has 0 radical (unpaired) electrons. The molecule has 132 valence electrons. The molecule has 1 aliphatic carbocycles. The summed E-state index contributed by atoms with van der Waals surface area (Å²) in [5, 5.41) is 2.00. The summed E-state index contributed by atoms with van der Waals surface area (Å²) in [6, 6.07) is 6.22. The van der Waals surface area contributed by atoms with Crippen LogP contribution < -0.4 is 0 Å². The van der Waals surface area contributed by atoms with Gasteiger partial charge in [0.1, 0.15) is 5.82 Å². The highest BCUT2D eigenvalue weighted by Crippen LogP contribution is 2.38. The fourth-order valence-electron chi connectivity index (χ4n) is 4.42. The number of rotatable bonds is 3. The molecule has 0 aliphatic heterocycles. The Morgan fingerprint density at radius 2 is 1.92 bits per heavy atom. The van der Waals surface area contributed by atoms with Crippen molar-refractivity contribution in [3.05, 3.63) is 45.9 Å². The van der Waals surface area contributed by atoms with Crippen molar-refractivity contribution in [1.82, 2.24) is 9.38 Å². The number of alkyl halides is 1. The Bertz CT molecular complexity index is 936. The Labute approximate surface area is 159 Å². The average Bonchev–Trinajstić information content (AvgIpc) is 2.93. The third-order valence-corrected chi connectivity index (χ3v) is 6.18. The zero-order valence-electron chi connectivity index (χ0n) is 14.9. The fraction of sp³-hybridized carbons (Fsp3) is 0.476. The van der Waals surface area contributed by atoms with Crippen molar-refractivity contribution >= 4 is 39.6 Å². The van der Waals surface area contributed by atoms with Gasteiger partial charge in [-0.1, -0.05) is 30.9 Å². The maximum absolute atomic E-state index is 6.32. The number of hydrogen-bond acceptors (Lipinski definition) is 1. The van der Waals surface area contributed by atoms with E-state index < -0.39 is 0 Å². The number of aromatic nitrogens is 2. The Kier molecular flexibility index (Phi) is 4.68. The first-order chi connectivity index (χ1) is 12.1. The Morgan fingerprint density at radius 3 is 2.64 bits per heavy atom. The van der Waals surface area contributed by atoms with E-state index in [0.717, 1.165) is 17.1 Å². The van der Waals surface area contributed by atoms with Crippen LogP contribution in [-0.2, 0) is 6.42 Å². The second-order valence-electron chi connectivity index (χ2n) is 7.28. The maximum Gasteiger partial charge on any atom is 0.117 e. The van der Waals surface area contributed by atoms with Gasteiger partial charge in [0.25, 0.3) is 0 Å². The molecular weight excluding hydrogens is 351 g/mol. The third-order valence-electron chi connectivity index (χ3n) is 5.76. The van der Waals surface area contributed by atoms with Gasteiger partial charge in [-0.15, -0.1) is 11.6 Å². The number of aryl methyl sites for hydroxylation is 3. The minimum Gasteiger partial charge on any atom is -0.297 e. The molecule has 1 aromatic carbocycles. The molecule has 25 heavy (non-hydrogen) atoms. The smallest absolute Gasteiger partial charge is 0.117 e. The molecule has 1 fully saturated rings. The number of halogens is 2. The first kappa shape index (κ1) is 17.2. The van der Waals surface area contributed by atoms with Crippen LogP contribution in [0.2, 0.25) is 5.02 Å². The van der Waals surface area contributed by atoms with Gasteiger partial charge in [0.2, 0.25) is 0 Å². The molecule has 1 aliphatic rings. The number of hydrogen-bond donors (Lipinski definition) is 0. The van der Waals surface area contributed by atoms with Crippen molar-refractivity contribution in [3.63, 3.8) is 0 Å². The molecular formula is C21H24Cl2N2. The lowest BCUT2D eigenvalue weighted by molar-refractivity contribution is 0.426. The molecule has 1 saturated carbocycles. The molecule has 2 nitrogen and oxygen atoms in total. The van der Waals surface area contributed by atoms with E-state index in [-0.39, 0.29) is 0 Å². The predicted molar refractivity (Wildman–Crippen MR) is 107 cm³/mol. The molecule has 0 bridgehead atoms. The van der Waals surface area contributed by atoms with Gasteiger partial charge in [-0.3, -0.25) is 4.40 Å². The van der Waals surface area contributed by atoms with Gasteiger partial charge in [0.05, 0.1) is 11.0 Å². The molecule has 4 heteroatoms. The summed E-state index contributed by atoms with van der Waals surface area (Å²) in [4.78, 5) is 5.07. The highest BCUT2D eigenvalue weighted by Gasteiger charge is 2.24. The maximum atomic E-state index is 6.32. The first-order valence-corrected chi connectivity index (χ1v) is 10.2. The van der Waals surface area contributed by atoms with Crippen LogP contribution in [0.4, 0.5) is 0 Å². The van der Waals surface area contributed by atoms with Crippen LogP contribution in [-0.4, -0.2) is 15.3 Å². The van der Waals surface area contributed by atoms with E-state index in [9.17, 15) is 0 Å². The molecule has 2 heterocycles. The molecule has 0 unspecified atom stereocenters. The van der Waals surface area contributed by atoms with Gasteiger partial charge in [0, 0.05) is 27.9 Å². The molecule has 3 aromatic rings. The van der Waals surface area contributed by atoms with Gasteiger partial charge in [-0.2, -0.15) is 0 Å². The van der Waals surface area contributed by atoms with Crippen LogP contribution in [0.5, 0.6) is 0 Å². The minimum atomic E-state index is 0.547. The quantitative estimate of drug-likeness (QED) is 0.472. The number of nitrogens with zero attached hydrogens (tertiary/aromatic N) is 2. The summed E-state index contributed by atoms with van der Waals surface area (Å²) < 4.78 is 2.41. The van der Waals surface area contributed by atoms with Crippen molar-refractivity contribution in [2.24, 2.45) is 0 Å². The van der Waals surface area contributed by atoms with E-state index in [4.69, 9.17) is 28.2 Å². The summed E-state index contributed by atoms with van der Waals surface area (Å²) in [6.45, 7) is 4.32. The first-order valence-electron chi connectivity index (χ1n) is 9.27. The van der Waals surface area contributed by atoms with Crippen LogP contribution in [0.25, 0.3) is 16.4 Å². The lowest BCUT2D eigenvalue weighted by Crippen LogP contribution is -2.13. The largest absolute Gasteiger partial charge is 0.297 e. The highest BCUT2D eigenvalue weighted by atomic mass is 35.5. The zero-order valence-corrected chi connectivity index (χ0v) is 16.4. The van der Waals surface area contributed by atoms with Crippen LogP contribution in [0.1, 0.15) is 60.7 Å². The molecule has 4 rings (SSSR count). The van der Waals surface area contributed by atoms with Crippen molar-refractivity contribution in [2.45, 2.75) is 58.3 Å². The van der Waals surface area contributed by atoms with Gasteiger partial charge in [-0.25, -0.2) is 4.98 Å². The van der Waals surface area contributed by atoms with Crippen LogP contribution >= 0.6 is 23.2 Å². The zero-order chi connectivity index (χ0) is 17.6. The average molecular weight is 375 g/mol. The summed E-state index contributed by atoms with van der Waals surface area (Å²) in [5.41, 5.74) is 6.22. The molecule has 0 spiro atoms. The van der Waals surface area contributed by atoms with Gasteiger partial charge < -0.3 is 0 Å². The topological polar surface area (TPSA) is 17.3 Å². The van der Waals surface area contributed by atoms with E-state index in [1.807, 2.05) is 6.07 Å². The summed E-state index contributed by atoms with van der Waals surface area (Å²) in [5.74, 6) is 2.39. The minimum absolute atomic E-state index is 0.547. The third kappa shape index (κ3) is 2.84. The van der Waals surface area contributed by atoms with E-state index in [2.05, 4.69) is 30.4 Å². The lowest BCUT2D eigenvalue weighted by atomic mass is 9.88. The van der Waals surface area contributed by atoms with Crippen LogP contribution in [0, 0.1) is 13.8 Å². The standard InChI is InChI=1S/C21H24Cl2N2/c1-13-14(2)24-21(15-6-4-3-5-7-15)25-19-9-8-16(23)12-18(19)17(10-11-22)20(13)25/h8-9,12,15H,3-7,10-11H2,1-2H3. The molecule has 2 aromatic heterocycles. The van der Waals surface area contributed by atoms with E-state index >= 15 is 0 Å². The predicted octanol–water partition coefficient (Wildman–Crippen LogP) is 6.59. The second kappa shape index (κ2) is 6.81.